The Balaban J connectivity index is 1.70. The third-order valence-electron chi connectivity index (χ3n) is 4.56. The molecule has 21 heavy (non-hydrogen) atoms. The van der Waals surface area contributed by atoms with Crippen LogP contribution in [0, 0.1) is 5.92 Å². The summed E-state index contributed by atoms with van der Waals surface area (Å²) < 4.78 is 5.91. The van der Waals surface area contributed by atoms with E-state index in [9.17, 15) is 4.79 Å². The van der Waals surface area contributed by atoms with Crippen LogP contribution < -0.4 is 4.74 Å². The molecule has 0 atom stereocenters. The van der Waals surface area contributed by atoms with Crippen LogP contribution >= 0.6 is 0 Å². The molecule has 2 aromatic rings. The molecule has 2 heteroatoms. The highest BCUT2D eigenvalue weighted by Crippen LogP contribution is 2.29. The van der Waals surface area contributed by atoms with Crippen molar-refractivity contribution in [1.82, 2.24) is 0 Å². The van der Waals surface area contributed by atoms with Crippen LogP contribution in [0.5, 0.6) is 5.75 Å². The number of fused-ring (bicyclic) bond motifs is 1. The quantitative estimate of drug-likeness (QED) is 0.721. The molecule has 0 bridgehead atoms. The van der Waals surface area contributed by atoms with Gasteiger partial charge in [0.1, 0.15) is 5.75 Å². The average molecular weight is 282 g/mol. The predicted molar refractivity (Wildman–Crippen MR) is 86.0 cm³/mol. The van der Waals surface area contributed by atoms with Gasteiger partial charge in [0, 0.05) is 0 Å². The molecule has 0 aromatic heterocycles. The summed E-state index contributed by atoms with van der Waals surface area (Å²) in [5.74, 6) is 1.53. The van der Waals surface area contributed by atoms with E-state index in [1.165, 1.54) is 32.1 Å². The lowest BCUT2D eigenvalue weighted by molar-refractivity contribution is 0.112. The molecule has 1 saturated carbocycles. The van der Waals surface area contributed by atoms with Crippen LogP contribution in [0.25, 0.3) is 10.8 Å². The molecule has 0 heterocycles. The normalized spacial score (nSPS) is 16.0. The van der Waals surface area contributed by atoms with Gasteiger partial charge in [0.2, 0.25) is 0 Å². The van der Waals surface area contributed by atoms with Crippen LogP contribution in [-0.4, -0.2) is 12.9 Å². The SMILES string of the molecule is O=Cc1c(OCCC2CCCCC2)ccc2ccccc12. The van der Waals surface area contributed by atoms with Gasteiger partial charge >= 0.3 is 0 Å². The van der Waals surface area contributed by atoms with Crippen molar-refractivity contribution in [1.29, 1.82) is 0 Å². The second kappa shape index (κ2) is 6.75. The van der Waals surface area contributed by atoms with Crippen LogP contribution in [-0.2, 0) is 0 Å². The Labute approximate surface area is 126 Å². The Hall–Kier alpha value is -1.83. The molecule has 1 fully saturated rings. The van der Waals surface area contributed by atoms with Crippen LogP contribution in [0.15, 0.2) is 36.4 Å². The van der Waals surface area contributed by atoms with Crippen molar-refractivity contribution >= 4 is 17.1 Å². The summed E-state index contributed by atoms with van der Waals surface area (Å²) in [6.07, 6.45) is 8.80. The first-order valence-corrected chi connectivity index (χ1v) is 7.98. The van der Waals surface area contributed by atoms with Gasteiger partial charge in [-0.15, -0.1) is 0 Å². The van der Waals surface area contributed by atoms with Gasteiger partial charge in [-0.25, -0.2) is 0 Å². The molecule has 110 valence electrons. The van der Waals surface area contributed by atoms with Gasteiger partial charge in [-0.2, -0.15) is 0 Å². The molecule has 1 aliphatic carbocycles. The fourth-order valence-corrected chi connectivity index (χ4v) is 3.33. The number of ether oxygens (including phenoxy) is 1. The third kappa shape index (κ3) is 3.26. The summed E-state index contributed by atoms with van der Waals surface area (Å²) in [4.78, 5) is 11.4. The molecule has 3 rings (SSSR count). The molecule has 2 aromatic carbocycles. The molecule has 0 unspecified atom stereocenters. The molecule has 2 nitrogen and oxygen atoms in total. The topological polar surface area (TPSA) is 26.3 Å². The van der Waals surface area contributed by atoms with Gasteiger partial charge in [0.05, 0.1) is 12.2 Å². The summed E-state index contributed by atoms with van der Waals surface area (Å²) in [6, 6.07) is 11.9. The predicted octanol–water partition coefficient (Wildman–Crippen LogP) is 5.00. The zero-order valence-electron chi connectivity index (χ0n) is 12.4. The maximum absolute atomic E-state index is 11.4. The Morgan fingerprint density at radius 2 is 1.86 bits per heavy atom. The Morgan fingerprint density at radius 1 is 1.05 bits per heavy atom. The largest absolute Gasteiger partial charge is 0.493 e. The maximum Gasteiger partial charge on any atom is 0.154 e. The molecule has 0 N–H and O–H groups in total. The number of hydrogen-bond acceptors (Lipinski definition) is 2. The Bertz CT molecular complexity index is 612. The summed E-state index contributed by atoms with van der Waals surface area (Å²) in [5.41, 5.74) is 0.678. The molecule has 0 saturated heterocycles. The smallest absolute Gasteiger partial charge is 0.154 e. The van der Waals surface area contributed by atoms with Crippen molar-refractivity contribution in [3.05, 3.63) is 42.0 Å². The summed E-state index contributed by atoms with van der Waals surface area (Å²) in [7, 11) is 0. The summed E-state index contributed by atoms with van der Waals surface area (Å²) >= 11 is 0. The number of carbonyl (C=O) groups excluding carboxylic acids is 1. The van der Waals surface area contributed by atoms with Crippen LogP contribution in [0.2, 0.25) is 0 Å². The van der Waals surface area contributed by atoms with Gasteiger partial charge in [0.15, 0.2) is 6.29 Å². The average Bonchev–Trinajstić information content (AvgIpc) is 2.55. The highest BCUT2D eigenvalue weighted by Gasteiger charge is 2.14. The minimum Gasteiger partial charge on any atom is -0.493 e. The maximum atomic E-state index is 11.4. The fourth-order valence-electron chi connectivity index (χ4n) is 3.33. The van der Waals surface area contributed by atoms with E-state index in [0.717, 1.165) is 35.1 Å². The number of hydrogen-bond donors (Lipinski definition) is 0. The van der Waals surface area contributed by atoms with E-state index in [1.54, 1.807) is 0 Å². The van der Waals surface area contributed by atoms with E-state index < -0.39 is 0 Å². The molecular weight excluding hydrogens is 260 g/mol. The van der Waals surface area contributed by atoms with Crippen LogP contribution in [0.3, 0.4) is 0 Å². The minimum atomic E-state index is 0.678. The first kappa shape index (κ1) is 14.1. The van der Waals surface area contributed by atoms with Crippen molar-refractivity contribution in [2.24, 2.45) is 5.92 Å². The third-order valence-corrected chi connectivity index (χ3v) is 4.56. The molecule has 1 aliphatic rings. The summed E-state index contributed by atoms with van der Waals surface area (Å²) in [5, 5.41) is 2.06. The van der Waals surface area contributed by atoms with E-state index in [-0.39, 0.29) is 0 Å². The van der Waals surface area contributed by atoms with Gasteiger partial charge in [-0.1, -0.05) is 62.4 Å². The number of carbonyl (C=O) groups is 1. The number of benzene rings is 2. The zero-order chi connectivity index (χ0) is 14.5. The van der Waals surface area contributed by atoms with Crippen LogP contribution in [0.4, 0.5) is 0 Å². The van der Waals surface area contributed by atoms with Crippen molar-refractivity contribution in [3.63, 3.8) is 0 Å². The van der Waals surface area contributed by atoms with Crippen molar-refractivity contribution in [2.45, 2.75) is 38.5 Å². The van der Waals surface area contributed by atoms with Crippen molar-refractivity contribution in [3.8, 4) is 5.75 Å². The van der Waals surface area contributed by atoms with E-state index in [1.807, 2.05) is 36.4 Å². The molecular formula is C19H22O2. The fraction of sp³-hybridized carbons (Fsp3) is 0.421. The molecule has 0 radical (unpaired) electrons. The van der Waals surface area contributed by atoms with E-state index in [0.29, 0.717) is 12.2 Å². The van der Waals surface area contributed by atoms with E-state index >= 15 is 0 Å². The first-order chi connectivity index (χ1) is 10.4. The van der Waals surface area contributed by atoms with E-state index in [2.05, 4.69) is 0 Å². The highest BCUT2D eigenvalue weighted by atomic mass is 16.5. The molecule has 0 amide bonds. The summed E-state index contributed by atoms with van der Waals surface area (Å²) in [6.45, 7) is 0.712. The number of rotatable bonds is 5. The highest BCUT2D eigenvalue weighted by molar-refractivity contribution is 6.00. The Morgan fingerprint density at radius 3 is 2.67 bits per heavy atom. The second-order valence-electron chi connectivity index (χ2n) is 5.96. The molecule has 0 aliphatic heterocycles. The molecule has 0 spiro atoms. The minimum absolute atomic E-state index is 0.678. The first-order valence-electron chi connectivity index (χ1n) is 7.98. The number of aldehydes is 1. The van der Waals surface area contributed by atoms with Gasteiger partial charge in [0.25, 0.3) is 0 Å². The van der Waals surface area contributed by atoms with Gasteiger partial charge in [-0.05, 0) is 29.2 Å². The Kier molecular flexibility index (Phi) is 4.54. The van der Waals surface area contributed by atoms with E-state index in [4.69, 9.17) is 4.74 Å². The lowest BCUT2D eigenvalue weighted by Crippen LogP contribution is -2.11. The van der Waals surface area contributed by atoms with Crippen molar-refractivity contribution in [2.75, 3.05) is 6.61 Å². The van der Waals surface area contributed by atoms with Gasteiger partial charge < -0.3 is 4.74 Å². The lowest BCUT2D eigenvalue weighted by Gasteiger charge is -2.21. The second-order valence-corrected chi connectivity index (χ2v) is 5.96. The lowest BCUT2D eigenvalue weighted by atomic mass is 9.87. The van der Waals surface area contributed by atoms with Crippen LogP contribution in [0.1, 0.15) is 48.9 Å². The monoisotopic (exact) mass is 282 g/mol. The van der Waals surface area contributed by atoms with Gasteiger partial charge in [-0.3, -0.25) is 4.79 Å². The standard InChI is InChI=1S/C19H22O2/c20-14-18-17-9-5-4-8-16(17)10-11-19(18)21-13-12-15-6-2-1-3-7-15/h4-5,8-11,14-15H,1-3,6-7,12-13H2. The van der Waals surface area contributed by atoms with Crippen molar-refractivity contribution < 1.29 is 9.53 Å². The zero-order valence-corrected chi connectivity index (χ0v) is 12.4.